The Hall–Kier alpha value is -2.63. The Morgan fingerprint density at radius 1 is 1.44 bits per heavy atom. The lowest BCUT2D eigenvalue weighted by molar-refractivity contribution is -0.131. The third kappa shape index (κ3) is 2.54. The second-order valence-electron chi connectivity index (χ2n) is 3.80. The monoisotopic (exact) mass is 245 g/mol. The van der Waals surface area contributed by atoms with Crippen LogP contribution >= 0.6 is 0 Å². The number of aliphatic carboxylic acids is 1. The maximum atomic E-state index is 11.4. The molecule has 0 saturated carbocycles. The molecule has 2 N–H and O–H groups in total. The SMILES string of the molecule is Cc1cc(/C=C/C(=O)O)cc(-n2cn[nH]c2=O)c1. The van der Waals surface area contributed by atoms with E-state index in [1.165, 1.54) is 17.0 Å². The predicted molar refractivity (Wildman–Crippen MR) is 65.6 cm³/mol. The van der Waals surface area contributed by atoms with Crippen molar-refractivity contribution in [3.63, 3.8) is 0 Å². The van der Waals surface area contributed by atoms with E-state index in [2.05, 4.69) is 10.2 Å². The van der Waals surface area contributed by atoms with Gasteiger partial charge >= 0.3 is 11.7 Å². The number of carbonyl (C=O) groups is 1. The van der Waals surface area contributed by atoms with Crippen molar-refractivity contribution in [2.24, 2.45) is 0 Å². The highest BCUT2D eigenvalue weighted by atomic mass is 16.4. The molecule has 0 aliphatic carbocycles. The quantitative estimate of drug-likeness (QED) is 0.788. The van der Waals surface area contributed by atoms with Crippen LogP contribution < -0.4 is 5.69 Å². The minimum atomic E-state index is -1.02. The number of carboxylic acids is 1. The summed E-state index contributed by atoms with van der Waals surface area (Å²) >= 11 is 0. The van der Waals surface area contributed by atoms with Crippen LogP contribution in [0.4, 0.5) is 0 Å². The highest BCUT2D eigenvalue weighted by Crippen LogP contribution is 2.13. The number of nitrogens with zero attached hydrogens (tertiary/aromatic N) is 2. The molecule has 0 amide bonds. The van der Waals surface area contributed by atoms with Gasteiger partial charge in [-0.2, -0.15) is 5.10 Å². The van der Waals surface area contributed by atoms with Crippen LogP contribution in [0.2, 0.25) is 0 Å². The maximum Gasteiger partial charge on any atom is 0.347 e. The van der Waals surface area contributed by atoms with Crippen molar-refractivity contribution >= 4 is 12.0 Å². The molecule has 2 rings (SSSR count). The van der Waals surface area contributed by atoms with Crippen molar-refractivity contribution < 1.29 is 9.90 Å². The van der Waals surface area contributed by atoms with Gasteiger partial charge in [-0.05, 0) is 36.3 Å². The second kappa shape index (κ2) is 4.70. The first-order chi connectivity index (χ1) is 8.56. The van der Waals surface area contributed by atoms with Crippen molar-refractivity contribution in [3.05, 3.63) is 52.2 Å². The van der Waals surface area contributed by atoms with Crippen molar-refractivity contribution in [1.82, 2.24) is 14.8 Å². The van der Waals surface area contributed by atoms with Gasteiger partial charge in [-0.25, -0.2) is 19.3 Å². The molecule has 0 radical (unpaired) electrons. The average molecular weight is 245 g/mol. The molecule has 0 bridgehead atoms. The molecule has 0 atom stereocenters. The summed E-state index contributed by atoms with van der Waals surface area (Å²) in [7, 11) is 0. The van der Waals surface area contributed by atoms with E-state index in [4.69, 9.17) is 5.11 Å². The van der Waals surface area contributed by atoms with E-state index in [1.807, 2.05) is 19.1 Å². The number of benzene rings is 1. The molecule has 0 aliphatic heterocycles. The minimum absolute atomic E-state index is 0.339. The summed E-state index contributed by atoms with van der Waals surface area (Å²) in [6.45, 7) is 1.87. The number of nitrogens with one attached hydrogen (secondary N) is 1. The molecule has 6 heteroatoms. The van der Waals surface area contributed by atoms with Crippen molar-refractivity contribution in [1.29, 1.82) is 0 Å². The summed E-state index contributed by atoms with van der Waals surface area (Å²) in [4.78, 5) is 21.9. The summed E-state index contributed by atoms with van der Waals surface area (Å²) in [5.41, 5.74) is 1.93. The largest absolute Gasteiger partial charge is 0.478 e. The van der Waals surface area contributed by atoms with E-state index in [0.717, 1.165) is 11.6 Å². The molecular weight excluding hydrogens is 234 g/mol. The van der Waals surface area contributed by atoms with Gasteiger partial charge in [0.1, 0.15) is 6.33 Å². The lowest BCUT2D eigenvalue weighted by Gasteiger charge is -2.04. The Labute approximate surface area is 102 Å². The van der Waals surface area contributed by atoms with Crippen molar-refractivity contribution in [2.45, 2.75) is 6.92 Å². The molecular formula is C12H11N3O3. The van der Waals surface area contributed by atoms with Crippen LogP contribution in [0.25, 0.3) is 11.8 Å². The molecule has 0 fully saturated rings. The lowest BCUT2D eigenvalue weighted by atomic mass is 10.1. The molecule has 92 valence electrons. The Bertz CT molecular complexity index is 667. The average Bonchev–Trinajstić information content (AvgIpc) is 2.72. The standard InChI is InChI=1S/C12H11N3O3/c1-8-4-9(2-3-11(16)17)6-10(5-8)15-7-13-14-12(15)18/h2-7H,1H3,(H,14,18)(H,16,17)/b3-2+. The van der Waals surface area contributed by atoms with E-state index in [9.17, 15) is 9.59 Å². The highest BCUT2D eigenvalue weighted by Gasteiger charge is 2.03. The Morgan fingerprint density at radius 2 is 2.22 bits per heavy atom. The van der Waals surface area contributed by atoms with Gasteiger partial charge in [0.15, 0.2) is 0 Å². The van der Waals surface area contributed by atoms with Crippen LogP contribution in [0.1, 0.15) is 11.1 Å². The van der Waals surface area contributed by atoms with Crippen LogP contribution in [0, 0.1) is 6.92 Å². The molecule has 1 aromatic heterocycles. The Kier molecular flexibility index (Phi) is 3.09. The molecule has 1 heterocycles. The van der Waals surface area contributed by atoms with Gasteiger partial charge in [-0.1, -0.05) is 6.07 Å². The summed E-state index contributed by atoms with van der Waals surface area (Å²) in [5.74, 6) is -1.02. The Morgan fingerprint density at radius 3 is 2.83 bits per heavy atom. The molecule has 0 saturated heterocycles. The van der Waals surface area contributed by atoms with Crippen LogP contribution in [0.3, 0.4) is 0 Å². The van der Waals surface area contributed by atoms with E-state index in [1.54, 1.807) is 6.07 Å². The summed E-state index contributed by atoms with van der Waals surface area (Å²) < 4.78 is 1.35. The molecule has 6 nitrogen and oxygen atoms in total. The molecule has 18 heavy (non-hydrogen) atoms. The topological polar surface area (TPSA) is 88.0 Å². The molecule has 2 aromatic rings. The second-order valence-corrected chi connectivity index (χ2v) is 3.80. The third-order valence-electron chi connectivity index (χ3n) is 2.33. The maximum absolute atomic E-state index is 11.4. The van der Waals surface area contributed by atoms with Gasteiger partial charge in [-0.15, -0.1) is 0 Å². The van der Waals surface area contributed by atoms with E-state index in [-0.39, 0.29) is 5.69 Å². The summed E-state index contributed by atoms with van der Waals surface area (Å²) in [6, 6.07) is 5.35. The van der Waals surface area contributed by atoms with Crippen LogP contribution in [0.15, 0.2) is 35.4 Å². The predicted octanol–water partition coefficient (Wildman–Crippen LogP) is 0.967. The lowest BCUT2D eigenvalue weighted by Crippen LogP contribution is -2.14. The number of rotatable bonds is 3. The first kappa shape index (κ1) is 11.8. The van der Waals surface area contributed by atoms with Crippen molar-refractivity contribution in [3.8, 4) is 5.69 Å². The van der Waals surface area contributed by atoms with Gasteiger partial charge in [0, 0.05) is 6.08 Å². The number of aromatic nitrogens is 3. The number of hydrogen-bond donors (Lipinski definition) is 2. The first-order valence-electron chi connectivity index (χ1n) is 5.21. The van der Waals surface area contributed by atoms with E-state index in [0.29, 0.717) is 11.3 Å². The molecule has 0 spiro atoms. The molecule has 0 unspecified atom stereocenters. The molecule has 1 aromatic carbocycles. The summed E-state index contributed by atoms with van der Waals surface area (Å²) in [5, 5.41) is 14.5. The summed E-state index contributed by atoms with van der Waals surface area (Å²) in [6.07, 6.45) is 3.91. The van der Waals surface area contributed by atoms with Crippen molar-refractivity contribution in [2.75, 3.05) is 0 Å². The van der Waals surface area contributed by atoms with E-state index < -0.39 is 5.97 Å². The highest BCUT2D eigenvalue weighted by molar-refractivity contribution is 5.85. The smallest absolute Gasteiger partial charge is 0.347 e. The van der Waals surface area contributed by atoms with Crippen LogP contribution in [-0.4, -0.2) is 25.8 Å². The van der Waals surface area contributed by atoms with Gasteiger partial charge < -0.3 is 5.11 Å². The number of H-pyrrole nitrogens is 1. The zero-order valence-corrected chi connectivity index (χ0v) is 9.62. The minimum Gasteiger partial charge on any atom is -0.478 e. The van der Waals surface area contributed by atoms with Gasteiger partial charge in [0.25, 0.3) is 0 Å². The number of carboxylic acid groups (broad SMARTS) is 1. The number of hydrogen-bond acceptors (Lipinski definition) is 3. The number of aryl methyl sites for hydroxylation is 1. The fourth-order valence-electron chi connectivity index (χ4n) is 1.63. The zero-order valence-electron chi connectivity index (χ0n) is 9.62. The van der Waals surface area contributed by atoms with Crippen LogP contribution in [0.5, 0.6) is 0 Å². The molecule has 0 aliphatic rings. The van der Waals surface area contributed by atoms with E-state index >= 15 is 0 Å². The normalized spacial score (nSPS) is 10.9. The Balaban J connectivity index is 2.48. The third-order valence-corrected chi connectivity index (χ3v) is 2.33. The van der Waals surface area contributed by atoms with Gasteiger partial charge in [0.05, 0.1) is 5.69 Å². The zero-order chi connectivity index (χ0) is 13.1. The first-order valence-corrected chi connectivity index (χ1v) is 5.21. The number of aromatic amines is 1. The fraction of sp³-hybridized carbons (Fsp3) is 0.0833. The fourth-order valence-corrected chi connectivity index (χ4v) is 1.63. The van der Waals surface area contributed by atoms with Gasteiger partial charge in [0.2, 0.25) is 0 Å². The van der Waals surface area contributed by atoms with Gasteiger partial charge in [-0.3, -0.25) is 0 Å². The van der Waals surface area contributed by atoms with Crippen LogP contribution in [-0.2, 0) is 4.79 Å².